The van der Waals surface area contributed by atoms with Crippen LogP contribution in [-0.4, -0.2) is 31.0 Å². The van der Waals surface area contributed by atoms with Gasteiger partial charge in [0.2, 0.25) is 0 Å². The van der Waals surface area contributed by atoms with Gasteiger partial charge < -0.3 is 15.2 Å². The highest BCUT2D eigenvalue weighted by Gasteiger charge is 2.45. The largest absolute Gasteiger partial charge is 0.378 e. The molecule has 0 amide bonds. The van der Waals surface area contributed by atoms with Crippen LogP contribution in [0.1, 0.15) is 33.6 Å². The highest BCUT2D eigenvalue weighted by Crippen LogP contribution is 2.37. The van der Waals surface area contributed by atoms with Gasteiger partial charge in [0.15, 0.2) is 0 Å². The first-order valence-corrected chi connectivity index (χ1v) is 5.11. The molecule has 0 spiro atoms. The molecule has 1 aliphatic rings. The van der Waals surface area contributed by atoms with Gasteiger partial charge in [-0.15, -0.1) is 0 Å². The van der Waals surface area contributed by atoms with Crippen molar-refractivity contribution in [2.75, 3.05) is 13.2 Å². The Labute approximate surface area is 80.6 Å². The lowest BCUT2D eigenvalue weighted by atomic mass is 9.77. The predicted octanol–water partition coefficient (Wildman–Crippen LogP) is 1.31. The van der Waals surface area contributed by atoms with Crippen LogP contribution in [0.15, 0.2) is 0 Å². The second-order valence-corrected chi connectivity index (χ2v) is 4.04. The average molecular weight is 187 g/mol. The van der Waals surface area contributed by atoms with Crippen molar-refractivity contribution in [2.24, 2.45) is 5.73 Å². The first-order valence-electron chi connectivity index (χ1n) is 5.11. The van der Waals surface area contributed by atoms with E-state index in [0.29, 0.717) is 12.6 Å². The molecule has 1 rings (SSSR count). The molecule has 0 aromatic carbocycles. The Morgan fingerprint density at radius 2 is 2.08 bits per heavy atom. The zero-order chi connectivity index (χ0) is 9.90. The minimum absolute atomic E-state index is 0.0893. The van der Waals surface area contributed by atoms with E-state index in [1.807, 2.05) is 20.8 Å². The lowest BCUT2D eigenvalue weighted by Crippen LogP contribution is -2.56. The lowest BCUT2D eigenvalue weighted by molar-refractivity contribution is -0.182. The smallest absolute Gasteiger partial charge is 0.0856 e. The summed E-state index contributed by atoms with van der Waals surface area (Å²) in [5.74, 6) is 0. The number of hydrogen-bond donors (Lipinski definition) is 1. The highest BCUT2D eigenvalue weighted by atomic mass is 16.5. The zero-order valence-corrected chi connectivity index (χ0v) is 8.88. The molecule has 0 aliphatic heterocycles. The third-order valence-electron chi connectivity index (χ3n) is 2.46. The van der Waals surface area contributed by atoms with Gasteiger partial charge >= 0.3 is 0 Å². The van der Waals surface area contributed by atoms with E-state index < -0.39 is 0 Å². The van der Waals surface area contributed by atoms with Crippen LogP contribution in [0.2, 0.25) is 0 Å². The highest BCUT2D eigenvalue weighted by molar-refractivity contribution is 4.98. The molecule has 1 aliphatic carbocycles. The molecule has 0 saturated heterocycles. The molecule has 1 fully saturated rings. The lowest BCUT2D eigenvalue weighted by Gasteiger charge is -2.47. The summed E-state index contributed by atoms with van der Waals surface area (Å²) in [4.78, 5) is 0. The molecule has 13 heavy (non-hydrogen) atoms. The van der Waals surface area contributed by atoms with Gasteiger partial charge in [0.25, 0.3) is 0 Å². The summed E-state index contributed by atoms with van der Waals surface area (Å²) in [6.07, 6.45) is 2.53. The van der Waals surface area contributed by atoms with Crippen molar-refractivity contribution < 1.29 is 9.47 Å². The summed E-state index contributed by atoms with van der Waals surface area (Å²) in [6.45, 7) is 7.50. The zero-order valence-electron chi connectivity index (χ0n) is 8.88. The minimum Gasteiger partial charge on any atom is -0.378 e. The van der Waals surface area contributed by atoms with Crippen molar-refractivity contribution in [3.8, 4) is 0 Å². The summed E-state index contributed by atoms with van der Waals surface area (Å²) < 4.78 is 11.3. The van der Waals surface area contributed by atoms with E-state index in [0.717, 1.165) is 19.4 Å². The topological polar surface area (TPSA) is 44.5 Å². The van der Waals surface area contributed by atoms with E-state index in [2.05, 4.69) is 0 Å². The van der Waals surface area contributed by atoms with Crippen molar-refractivity contribution in [3.05, 3.63) is 0 Å². The fraction of sp³-hybridized carbons (Fsp3) is 1.00. The third kappa shape index (κ3) is 2.66. The molecule has 0 heterocycles. The van der Waals surface area contributed by atoms with Gasteiger partial charge in [0.1, 0.15) is 0 Å². The fourth-order valence-electron chi connectivity index (χ4n) is 1.93. The Hall–Kier alpha value is -0.120. The maximum absolute atomic E-state index is 5.79. The number of hydrogen-bond acceptors (Lipinski definition) is 3. The Balaban J connectivity index is 2.31. The molecular formula is C10H21NO2. The van der Waals surface area contributed by atoms with Gasteiger partial charge in [0.05, 0.1) is 17.8 Å². The van der Waals surface area contributed by atoms with Crippen molar-refractivity contribution in [3.63, 3.8) is 0 Å². The second kappa shape index (κ2) is 4.40. The van der Waals surface area contributed by atoms with Crippen LogP contribution < -0.4 is 5.73 Å². The number of ether oxygens (including phenoxy) is 2. The van der Waals surface area contributed by atoms with Crippen LogP contribution in [0.4, 0.5) is 0 Å². The first-order chi connectivity index (χ1) is 6.12. The van der Waals surface area contributed by atoms with Gasteiger partial charge in [-0.1, -0.05) is 0 Å². The molecule has 0 aromatic heterocycles. The van der Waals surface area contributed by atoms with Crippen molar-refractivity contribution in [2.45, 2.75) is 51.4 Å². The predicted molar refractivity (Wildman–Crippen MR) is 52.7 cm³/mol. The molecule has 2 N–H and O–H groups in total. The molecule has 0 radical (unpaired) electrons. The molecule has 3 heteroatoms. The van der Waals surface area contributed by atoms with E-state index >= 15 is 0 Å². The number of rotatable bonds is 5. The summed E-state index contributed by atoms with van der Waals surface area (Å²) in [5, 5.41) is 0. The molecule has 0 aromatic rings. The monoisotopic (exact) mass is 187 g/mol. The van der Waals surface area contributed by atoms with Crippen LogP contribution in [0.5, 0.6) is 0 Å². The summed E-state index contributed by atoms with van der Waals surface area (Å²) in [5.41, 5.74) is 5.61. The Kier molecular flexibility index (Phi) is 3.71. The standard InChI is InChI=1S/C10H21NO2/c1-4-12-9-5-10(6-9,7-11)13-8(2)3/h8-9H,4-7,11H2,1-3H3. The van der Waals surface area contributed by atoms with Gasteiger partial charge in [-0.2, -0.15) is 0 Å². The second-order valence-electron chi connectivity index (χ2n) is 4.04. The number of nitrogens with two attached hydrogens (primary N) is 1. The van der Waals surface area contributed by atoms with E-state index in [1.165, 1.54) is 0 Å². The van der Waals surface area contributed by atoms with E-state index in [4.69, 9.17) is 15.2 Å². The average Bonchev–Trinajstić information content (AvgIpc) is 1.99. The molecular weight excluding hydrogens is 166 g/mol. The Morgan fingerprint density at radius 1 is 1.46 bits per heavy atom. The van der Waals surface area contributed by atoms with Gasteiger partial charge in [-0.25, -0.2) is 0 Å². The van der Waals surface area contributed by atoms with Crippen LogP contribution in [0.3, 0.4) is 0 Å². The quantitative estimate of drug-likeness (QED) is 0.705. The summed E-state index contributed by atoms with van der Waals surface area (Å²) >= 11 is 0. The van der Waals surface area contributed by atoms with Crippen molar-refractivity contribution in [1.82, 2.24) is 0 Å². The van der Waals surface area contributed by atoms with Gasteiger partial charge in [-0.3, -0.25) is 0 Å². The molecule has 0 bridgehead atoms. The molecule has 0 unspecified atom stereocenters. The minimum atomic E-state index is -0.0893. The molecule has 78 valence electrons. The normalized spacial score (nSPS) is 33.5. The molecule has 0 atom stereocenters. The SMILES string of the molecule is CCOC1CC(CN)(OC(C)C)C1. The van der Waals surface area contributed by atoms with Crippen molar-refractivity contribution >= 4 is 0 Å². The third-order valence-corrected chi connectivity index (χ3v) is 2.46. The Bertz CT molecular complexity index is 153. The van der Waals surface area contributed by atoms with Gasteiger partial charge in [0, 0.05) is 26.0 Å². The van der Waals surface area contributed by atoms with Crippen LogP contribution in [0.25, 0.3) is 0 Å². The van der Waals surface area contributed by atoms with Crippen LogP contribution >= 0.6 is 0 Å². The summed E-state index contributed by atoms with van der Waals surface area (Å²) in [6, 6.07) is 0. The van der Waals surface area contributed by atoms with Crippen LogP contribution in [-0.2, 0) is 9.47 Å². The molecule has 3 nitrogen and oxygen atoms in total. The van der Waals surface area contributed by atoms with E-state index in [-0.39, 0.29) is 11.7 Å². The summed E-state index contributed by atoms with van der Waals surface area (Å²) in [7, 11) is 0. The molecule has 1 saturated carbocycles. The Morgan fingerprint density at radius 3 is 2.46 bits per heavy atom. The maximum Gasteiger partial charge on any atom is 0.0856 e. The van der Waals surface area contributed by atoms with Gasteiger partial charge in [-0.05, 0) is 20.8 Å². The first kappa shape index (κ1) is 11.0. The maximum atomic E-state index is 5.79. The van der Waals surface area contributed by atoms with E-state index in [9.17, 15) is 0 Å². The van der Waals surface area contributed by atoms with Crippen molar-refractivity contribution in [1.29, 1.82) is 0 Å². The fourth-order valence-corrected chi connectivity index (χ4v) is 1.93. The van der Waals surface area contributed by atoms with Crippen LogP contribution in [0, 0.1) is 0 Å². The van der Waals surface area contributed by atoms with E-state index in [1.54, 1.807) is 0 Å².